The molecule has 3 heteroatoms. The molecule has 0 rings (SSSR count). The summed E-state index contributed by atoms with van der Waals surface area (Å²) in [4.78, 5) is 14.5. The van der Waals surface area contributed by atoms with Gasteiger partial charge < -0.3 is 10.6 Å². The topological polar surface area (TPSA) is 46.3 Å². The van der Waals surface area contributed by atoms with Gasteiger partial charge in [-0.1, -0.05) is 34.1 Å². The number of carbonyl (C=O) groups is 1. The largest absolute Gasteiger partial charge is 0.340 e. The molecule has 0 aliphatic rings. The molecule has 102 valence electrons. The van der Waals surface area contributed by atoms with Crippen molar-refractivity contribution in [2.75, 3.05) is 13.1 Å². The van der Waals surface area contributed by atoms with Gasteiger partial charge in [-0.3, -0.25) is 4.79 Å². The van der Waals surface area contributed by atoms with Gasteiger partial charge in [0.05, 0.1) is 5.92 Å². The van der Waals surface area contributed by atoms with Crippen LogP contribution in [-0.2, 0) is 4.79 Å². The smallest absolute Gasteiger partial charge is 0.227 e. The van der Waals surface area contributed by atoms with Crippen LogP contribution in [0.25, 0.3) is 0 Å². The highest BCUT2D eigenvalue weighted by Gasteiger charge is 2.27. The molecule has 0 heterocycles. The average Bonchev–Trinajstić information content (AvgIpc) is 2.29. The predicted octanol–water partition coefficient (Wildman–Crippen LogP) is 2.64. The number of rotatable bonds is 8. The summed E-state index contributed by atoms with van der Waals surface area (Å²) in [6.07, 6.45) is 3.20. The maximum atomic E-state index is 12.5. The first kappa shape index (κ1) is 16.4. The summed E-state index contributed by atoms with van der Waals surface area (Å²) in [7, 11) is 0. The summed E-state index contributed by atoms with van der Waals surface area (Å²) >= 11 is 0. The molecular weight excluding hydrogens is 212 g/mol. The van der Waals surface area contributed by atoms with E-state index in [1.54, 1.807) is 0 Å². The van der Waals surface area contributed by atoms with Crippen molar-refractivity contribution < 1.29 is 4.79 Å². The molecule has 0 aliphatic carbocycles. The molecule has 2 atom stereocenters. The van der Waals surface area contributed by atoms with Crippen LogP contribution in [0.3, 0.4) is 0 Å². The van der Waals surface area contributed by atoms with E-state index in [0.29, 0.717) is 18.5 Å². The zero-order valence-electron chi connectivity index (χ0n) is 12.2. The first-order valence-corrected chi connectivity index (χ1v) is 7.00. The fraction of sp³-hybridized carbons (Fsp3) is 0.929. The van der Waals surface area contributed by atoms with E-state index in [1.807, 2.05) is 4.90 Å². The Morgan fingerprint density at radius 3 is 2.18 bits per heavy atom. The molecule has 0 aromatic heterocycles. The van der Waals surface area contributed by atoms with Crippen molar-refractivity contribution in [1.29, 1.82) is 0 Å². The van der Waals surface area contributed by atoms with Crippen molar-refractivity contribution in [3.8, 4) is 0 Å². The molecule has 0 saturated carbocycles. The van der Waals surface area contributed by atoms with Gasteiger partial charge in [-0.15, -0.1) is 0 Å². The molecule has 0 aliphatic heterocycles. The van der Waals surface area contributed by atoms with Crippen LogP contribution in [0.2, 0.25) is 0 Å². The van der Waals surface area contributed by atoms with Crippen molar-refractivity contribution in [1.82, 2.24) is 4.90 Å². The Kier molecular flexibility index (Phi) is 8.23. The van der Waals surface area contributed by atoms with Crippen molar-refractivity contribution in [3.63, 3.8) is 0 Å². The summed E-state index contributed by atoms with van der Waals surface area (Å²) in [5, 5.41) is 0. The normalized spacial score (nSPS) is 14.8. The van der Waals surface area contributed by atoms with E-state index in [0.717, 1.165) is 25.8 Å². The first-order valence-electron chi connectivity index (χ1n) is 7.00. The number of nitrogens with two attached hydrogens (primary N) is 1. The van der Waals surface area contributed by atoms with E-state index in [4.69, 9.17) is 5.73 Å². The minimum atomic E-state index is -0.0270. The highest BCUT2D eigenvalue weighted by Crippen LogP contribution is 2.17. The van der Waals surface area contributed by atoms with Crippen LogP contribution in [-0.4, -0.2) is 29.9 Å². The van der Waals surface area contributed by atoms with E-state index in [9.17, 15) is 4.79 Å². The molecule has 0 aromatic rings. The minimum Gasteiger partial charge on any atom is -0.340 e. The van der Waals surface area contributed by atoms with Gasteiger partial charge in [0.15, 0.2) is 0 Å². The Hall–Kier alpha value is -0.570. The Morgan fingerprint density at radius 2 is 1.82 bits per heavy atom. The highest BCUT2D eigenvalue weighted by molar-refractivity contribution is 5.79. The van der Waals surface area contributed by atoms with Crippen LogP contribution in [0.4, 0.5) is 0 Å². The zero-order chi connectivity index (χ0) is 13.4. The number of carbonyl (C=O) groups excluding carboxylic acids is 1. The Labute approximate surface area is 107 Å². The molecule has 0 bridgehead atoms. The van der Waals surface area contributed by atoms with Crippen LogP contribution in [0, 0.1) is 11.8 Å². The first-order chi connectivity index (χ1) is 7.99. The lowest BCUT2D eigenvalue weighted by molar-refractivity contribution is -0.138. The number of amides is 1. The molecule has 2 unspecified atom stereocenters. The summed E-state index contributed by atoms with van der Waals surface area (Å²) in [5.41, 5.74) is 5.74. The second kappa shape index (κ2) is 8.51. The molecule has 2 N–H and O–H groups in total. The van der Waals surface area contributed by atoms with E-state index < -0.39 is 0 Å². The number of hydrogen-bond donors (Lipinski definition) is 1. The van der Waals surface area contributed by atoms with Gasteiger partial charge >= 0.3 is 0 Å². The van der Waals surface area contributed by atoms with Gasteiger partial charge in [-0.05, 0) is 25.7 Å². The summed E-state index contributed by atoms with van der Waals surface area (Å²) in [6.45, 7) is 11.9. The quantitative estimate of drug-likeness (QED) is 0.711. The molecule has 0 saturated heterocycles. The van der Waals surface area contributed by atoms with Gasteiger partial charge in [0.25, 0.3) is 0 Å². The molecule has 1 amide bonds. The molecule has 17 heavy (non-hydrogen) atoms. The lowest BCUT2D eigenvalue weighted by atomic mass is 9.93. The minimum absolute atomic E-state index is 0.0270. The third kappa shape index (κ3) is 5.07. The highest BCUT2D eigenvalue weighted by atomic mass is 16.2. The summed E-state index contributed by atoms with van der Waals surface area (Å²) in [5.74, 6) is 0.534. The van der Waals surface area contributed by atoms with Crippen LogP contribution in [0.1, 0.15) is 53.9 Å². The maximum Gasteiger partial charge on any atom is 0.227 e. The fourth-order valence-corrected chi connectivity index (χ4v) is 1.97. The Bertz CT molecular complexity index is 216. The lowest BCUT2D eigenvalue weighted by Gasteiger charge is -2.33. The van der Waals surface area contributed by atoms with Gasteiger partial charge in [-0.25, -0.2) is 0 Å². The van der Waals surface area contributed by atoms with Gasteiger partial charge in [-0.2, -0.15) is 0 Å². The summed E-state index contributed by atoms with van der Waals surface area (Å²) < 4.78 is 0. The van der Waals surface area contributed by atoms with Crippen molar-refractivity contribution in [2.24, 2.45) is 17.6 Å². The molecule has 0 aromatic carbocycles. The third-order valence-electron chi connectivity index (χ3n) is 3.53. The van der Waals surface area contributed by atoms with Crippen molar-refractivity contribution in [3.05, 3.63) is 0 Å². The molecule has 0 spiro atoms. The zero-order valence-corrected chi connectivity index (χ0v) is 12.2. The fourth-order valence-electron chi connectivity index (χ4n) is 1.97. The third-order valence-corrected chi connectivity index (χ3v) is 3.53. The van der Waals surface area contributed by atoms with Crippen LogP contribution < -0.4 is 5.73 Å². The maximum absolute atomic E-state index is 12.5. The van der Waals surface area contributed by atoms with Crippen LogP contribution >= 0.6 is 0 Å². The monoisotopic (exact) mass is 242 g/mol. The Morgan fingerprint density at radius 1 is 1.24 bits per heavy atom. The number of nitrogens with zero attached hydrogens (tertiary/aromatic N) is 1. The van der Waals surface area contributed by atoms with E-state index in [1.165, 1.54) is 0 Å². The van der Waals surface area contributed by atoms with E-state index in [2.05, 4.69) is 34.6 Å². The molecule has 0 fully saturated rings. The van der Waals surface area contributed by atoms with E-state index >= 15 is 0 Å². The van der Waals surface area contributed by atoms with Gasteiger partial charge in [0.1, 0.15) is 0 Å². The summed E-state index contributed by atoms with van der Waals surface area (Å²) in [6, 6.07) is 0.321. The SMILES string of the molecule is CCCCN(C(=O)C(CN)C(C)C)C(C)CC. The van der Waals surface area contributed by atoms with Crippen LogP contribution in [0.15, 0.2) is 0 Å². The van der Waals surface area contributed by atoms with Crippen molar-refractivity contribution in [2.45, 2.75) is 59.9 Å². The number of hydrogen-bond acceptors (Lipinski definition) is 2. The molecule has 0 radical (unpaired) electrons. The lowest BCUT2D eigenvalue weighted by Crippen LogP contribution is -2.46. The Balaban J connectivity index is 4.70. The molecular formula is C14H30N2O. The average molecular weight is 242 g/mol. The standard InChI is InChI=1S/C14H30N2O/c1-6-8-9-16(12(5)7-2)14(17)13(10-15)11(3)4/h11-13H,6-10,15H2,1-5H3. The van der Waals surface area contributed by atoms with Gasteiger partial charge in [0, 0.05) is 19.1 Å². The van der Waals surface area contributed by atoms with Crippen molar-refractivity contribution >= 4 is 5.91 Å². The van der Waals surface area contributed by atoms with Crippen LogP contribution in [0.5, 0.6) is 0 Å². The second-order valence-corrected chi connectivity index (χ2v) is 5.23. The predicted molar refractivity (Wildman–Crippen MR) is 73.8 cm³/mol. The van der Waals surface area contributed by atoms with E-state index in [-0.39, 0.29) is 11.8 Å². The number of unbranched alkanes of at least 4 members (excludes halogenated alkanes) is 1. The van der Waals surface area contributed by atoms with Gasteiger partial charge in [0.2, 0.25) is 5.91 Å². The molecule has 3 nitrogen and oxygen atoms in total. The second-order valence-electron chi connectivity index (χ2n) is 5.23.